The Labute approximate surface area is 154 Å². The maximum atomic E-state index is 12.4. The number of carbonyl (C=O) groups excluding carboxylic acids is 2. The van der Waals surface area contributed by atoms with Gasteiger partial charge in [-0.25, -0.2) is 0 Å². The molecule has 0 radical (unpaired) electrons. The Morgan fingerprint density at radius 2 is 1.81 bits per heavy atom. The Bertz CT molecular complexity index is 706. The highest BCUT2D eigenvalue weighted by Gasteiger charge is 2.21. The number of carbonyl (C=O) groups is 2. The normalized spacial score (nSPS) is 12.5. The SMILES string of the molecule is CN(CC(=O)NC(C)(C)C)C(=O)CN[C@H](c1ccccc1)c1ccco1. The molecule has 0 unspecified atom stereocenters. The molecule has 6 heteroatoms. The van der Waals surface area contributed by atoms with E-state index in [1.54, 1.807) is 13.3 Å². The summed E-state index contributed by atoms with van der Waals surface area (Å²) < 4.78 is 5.51. The lowest BCUT2D eigenvalue weighted by molar-refractivity contribution is -0.134. The molecule has 26 heavy (non-hydrogen) atoms. The maximum Gasteiger partial charge on any atom is 0.240 e. The van der Waals surface area contributed by atoms with Crippen molar-refractivity contribution in [2.24, 2.45) is 0 Å². The van der Waals surface area contributed by atoms with Crippen molar-refractivity contribution < 1.29 is 14.0 Å². The summed E-state index contributed by atoms with van der Waals surface area (Å²) in [6, 6.07) is 13.2. The summed E-state index contributed by atoms with van der Waals surface area (Å²) in [7, 11) is 1.62. The minimum Gasteiger partial charge on any atom is -0.467 e. The van der Waals surface area contributed by atoms with Crippen LogP contribution in [0.4, 0.5) is 0 Å². The largest absolute Gasteiger partial charge is 0.467 e. The molecule has 2 N–H and O–H groups in total. The molecule has 2 rings (SSSR count). The van der Waals surface area contributed by atoms with E-state index >= 15 is 0 Å². The lowest BCUT2D eigenvalue weighted by Gasteiger charge is -2.24. The molecule has 0 aliphatic heterocycles. The van der Waals surface area contributed by atoms with Crippen LogP contribution in [0.25, 0.3) is 0 Å². The zero-order valence-electron chi connectivity index (χ0n) is 15.8. The first-order valence-corrected chi connectivity index (χ1v) is 8.63. The fraction of sp³-hybridized carbons (Fsp3) is 0.400. The van der Waals surface area contributed by atoms with Gasteiger partial charge in [-0.1, -0.05) is 30.3 Å². The van der Waals surface area contributed by atoms with Gasteiger partial charge in [-0.3, -0.25) is 14.9 Å². The highest BCUT2D eigenvalue weighted by atomic mass is 16.3. The molecular formula is C20H27N3O3. The van der Waals surface area contributed by atoms with Crippen LogP contribution in [-0.2, 0) is 9.59 Å². The Morgan fingerprint density at radius 1 is 1.12 bits per heavy atom. The molecule has 0 bridgehead atoms. The van der Waals surface area contributed by atoms with Gasteiger partial charge in [-0.15, -0.1) is 0 Å². The van der Waals surface area contributed by atoms with Crippen molar-refractivity contribution in [2.75, 3.05) is 20.1 Å². The molecule has 0 saturated heterocycles. The fourth-order valence-corrected chi connectivity index (χ4v) is 2.57. The summed E-state index contributed by atoms with van der Waals surface area (Å²) >= 11 is 0. The fourth-order valence-electron chi connectivity index (χ4n) is 2.57. The van der Waals surface area contributed by atoms with Crippen molar-refractivity contribution >= 4 is 11.8 Å². The van der Waals surface area contributed by atoms with Gasteiger partial charge in [0.05, 0.1) is 25.4 Å². The highest BCUT2D eigenvalue weighted by molar-refractivity contribution is 5.85. The van der Waals surface area contributed by atoms with E-state index in [1.165, 1.54) is 4.90 Å². The molecule has 1 aromatic carbocycles. The Hall–Kier alpha value is -2.60. The number of rotatable bonds is 7. The summed E-state index contributed by atoms with van der Waals surface area (Å²) in [6.07, 6.45) is 1.61. The number of benzene rings is 1. The minimum atomic E-state index is -0.323. The van der Waals surface area contributed by atoms with Gasteiger partial charge in [0.15, 0.2) is 0 Å². The van der Waals surface area contributed by atoms with Gasteiger partial charge in [0, 0.05) is 12.6 Å². The molecule has 1 heterocycles. The van der Waals surface area contributed by atoms with Crippen LogP contribution < -0.4 is 10.6 Å². The van der Waals surface area contributed by atoms with E-state index < -0.39 is 0 Å². The molecule has 0 aliphatic rings. The van der Waals surface area contributed by atoms with Gasteiger partial charge in [-0.2, -0.15) is 0 Å². The predicted molar refractivity (Wildman–Crippen MR) is 101 cm³/mol. The van der Waals surface area contributed by atoms with E-state index in [1.807, 2.05) is 63.2 Å². The molecule has 1 aromatic heterocycles. The maximum absolute atomic E-state index is 12.4. The average Bonchev–Trinajstić information content (AvgIpc) is 3.08. The first kappa shape index (κ1) is 19.7. The van der Waals surface area contributed by atoms with E-state index in [0.717, 1.165) is 11.3 Å². The van der Waals surface area contributed by atoms with Crippen LogP contribution in [-0.4, -0.2) is 42.4 Å². The third-order valence-corrected chi connectivity index (χ3v) is 3.74. The molecule has 0 saturated carbocycles. The van der Waals surface area contributed by atoms with Crippen molar-refractivity contribution in [3.8, 4) is 0 Å². The third kappa shape index (κ3) is 6.04. The second-order valence-corrected chi connectivity index (χ2v) is 7.29. The lowest BCUT2D eigenvalue weighted by atomic mass is 10.0. The van der Waals surface area contributed by atoms with Crippen LogP contribution in [0.15, 0.2) is 53.1 Å². The number of nitrogens with zero attached hydrogens (tertiary/aromatic N) is 1. The summed E-state index contributed by atoms with van der Waals surface area (Å²) in [5.74, 6) is 0.387. The lowest BCUT2D eigenvalue weighted by Crippen LogP contribution is -2.47. The molecule has 140 valence electrons. The van der Waals surface area contributed by atoms with Crippen molar-refractivity contribution in [3.63, 3.8) is 0 Å². The summed E-state index contributed by atoms with van der Waals surface area (Å²) in [5, 5.41) is 6.07. The van der Waals surface area contributed by atoms with E-state index in [2.05, 4.69) is 10.6 Å². The van der Waals surface area contributed by atoms with Crippen LogP contribution >= 0.6 is 0 Å². The first-order chi connectivity index (χ1) is 12.3. The van der Waals surface area contributed by atoms with Crippen LogP contribution in [0.1, 0.15) is 38.1 Å². The topological polar surface area (TPSA) is 74.6 Å². The molecule has 6 nitrogen and oxygen atoms in total. The van der Waals surface area contributed by atoms with Crippen molar-refractivity contribution in [2.45, 2.75) is 32.4 Å². The van der Waals surface area contributed by atoms with Gasteiger partial charge in [0.2, 0.25) is 11.8 Å². The Balaban J connectivity index is 1.96. The van der Waals surface area contributed by atoms with Gasteiger partial charge in [0.1, 0.15) is 5.76 Å². The number of nitrogens with one attached hydrogen (secondary N) is 2. The Morgan fingerprint density at radius 3 is 2.38 bits per heavy atom. The van der Waals surface area contributed by atoms with Crippen molar-refractivity contribution in [3.05, 3.63) is 60.1 Å². The van der Waals surface area contributed by atoms with E-state index in [4.69, 9.17) is 4.42 Å². The molecule has 0 spiro atoms. The molecule has 0 fully saturated rings. The number of furan rings is 1. The smallest absolute Gasteiger partial charge is 0.240 e. The number of amides is 2. The Kier molecular flexibility index (Phi) is 6.58. The van der Waals surface area contributed by atoms with Crippen molar-refractivity contribution in [1.29, 1.82) is 0 Å². The number of likely N-dealkylation sites (N-methyl/N-ethyl adjacent to an activating group) is 1. The van der Waals surface area contributed by atoms with Gasteiger partial charge < -0.3 is 14.6 Å². The van der Waals surface area contributed by atoms with Crippen LogP contribution in [0.2, 0.25) is 0 Å². The predicted octanol–water partition coefficient (Wildman–Crippen LogP) is 2.33. The summed E-state index contributed by atoms with van der Waals surface area (Å²) in [4.78, 5) is 25.8. The van der Waals surface area contributed by atoms with Gasteiger partial charge >= 0.3 is 0 Å². The zero-order chi connectivity index (χ0) is 19.2. The minimum absolute atomic E-state index is 0.0224. The molecular weight excluding hydrogens is 330 g/mol. The quantitative estimate of drug-likeness (QED) is 0.798. The molecule has 1 atom stereocenters. The second-order valence-electron chi connectivity index (χ2n) is 7.29. The van der Waals surface area contributed by atoms with E-state index in [0.29, 0.717) is 0 Å². The van der Waals surface area contributed by atoms with E-state index in [-0.39, 0.29) is 36.5 Å². The standard InChI is InChI=1S/C20H27N3O3/c1-20(2,3)22-17(24)14-23(4)18(25)13-21-19(16-11-8-12-26-16)15-9-6-5-7-10-15/h5-12,19,21H,13-14H2,1-4H3,(H,22,24)/t19-/m1/s1. The number of hydrogen-bond donors (Lipinski definition) is 2. The first-order valence-electron chi connectivity index (χ1n) is 8.63. The average molecular weight is 357 g/mol. The third-order valence-electron chi connectivity index (χ3n) is 3.74. The van der Waals surface area contributed by atoms with Crippen molar-refractivity contribution in [1.82, 2.24) is 15.5 Å². The van der Waals surface area contributed by atoms with Gasteiger partial charge in [-0.05, 0) is 38.5 Å². The molecule has 2 amide bonds. The highest BCUT2D eigenvalue weighted by Crippen LogP contribution is 2.22. The monoisotopic (exact) mass is 357 g/mol. The molecule has 2 aromatic rings. The molecule has 0 aliphatic carbocycles. The van der Waals surface area contributed by atoms with E-state index in [9.17, 15) is 9.59 Å². The van der Waals surface area contributed by atoms with Crippen LogP contribution in [0.3, 0.4) is 0 Å². The van der Waals surface area contributed by atoms with Gasteiger partial charge in [0.25, 0.3) is 0 Å². The second kappa shape index (κ2) is 8.67. The summed E-state index contributed by atoms with van der Waals surface area (Å²) in [5.41, 5.74) is 0.681. The zero-order valence-corrected chi connectivity index (χ0v) is 15.8. The number of hydrogen-bond acceptors (Lipinski definition) is 4. The van der Waals surface area contributed by atoms with Crippen LogP contribution in [0.5, 0.6) is 0 Å². The van der Waals surface area contributed by atoms with Crippen LogP contribution in [0, 0.1) is 0 Å². The summed E-state index contributed by atoms with van der Waals surface area (Å²) in [6.45, 7) is 5.83.